The van der Waals surface area contributed by atoms with E-state index in [4.69, 9.17) is 10.8 Å². The van der Waals surface area contributed by atoms with E-state index in [1.807, 2.05) is 12.5 Å². The van der Waals surface area contributed by atoms with Crippen molar-refractivity contribution in [1.29, 1.82) is 0 Å². The highest BCUT2D eigenvalue weighted by Crippen LogP contribution is 2.26. The Balaban J connectivity index is 2.34. The van der Waals surface area contributed by atoms with Gasteiger partial charge in [-0.25, -0.2) is 13.9 Å². The first kappa shape index (κ1) is 16.5. The molecule has 4 N–H and O–H groups in total. The summed E-state index contributed by atoms with van der Waals surface area (Å²) in [5.41, 5.74) is 8.72. The summed E-state index contributed by atoms with van der Waals surface area (Å²) in [6.45, 7) is 3.70. The fourth-order valence-corrected chi connectivity index (χ4v) is 3.01. The van der Waals surface area contributed by atoms with Gasteiger partial charge in [0, 0.05) is 18.4 Å². The maximum atomic E-state index is 12.0. The second kappa shape index (κ2) is 6.94. The number of hydrogen-bond acceptors (Lipinski definition) is 8. The van der Waals surface area contributed by atoms with Crippen molar-refractivity contribution in [3.63, 3.8) is 0 Å². The zero-order chi connectivity index (χ0) is 16.3. The van der Waals surface area contributed by atoms with Gasteiger partial charge in [-0.3, -0.25) is 10.2 Å². The van der Waals surface area contributed by atoms with E-state index in [1.165, 1.54) is 16.0 Å². The number of carboxylic acid groups (broad SMARTS) is 1. The molecule has 1 aromatic heterocycles. The molecule has 0 saturated carbocycles. The molecule has 1 aliphatic heterocycles. The number of nitrogens with one attached hydrogen (secondary N) is 1. The first-order chi connectivity index (χ1) is 10.5. The fraction of sp³-hybridized carbons (Fsp3) is 0.364. The molecule has 0 saturated heterocycles. The van der Waals surface area contributed by atoms with Crippen LogP contribution in [0.15, 0.2) is 23.6 Å². The van der Waals surface area contributed by atoms with E-state index >= 15 is 0 Å². The number of anilines is 1. The number of aliphatic carboxylic acids is 1. The first-order valence-corrected chi connectivity index (χ1v) is 8.36. The molecule has 0 bridgehead atoms. The lowest BCUT2D eigenvalue weighted by molar-refractivity contribution is -0.137. The van der Waals surface area contributed by atoms with Gasteiger partial charge in [0.05, 0.1) is 11.9 Å². The van der Waals surface area contributed by atoms with Crippen LogP contribution in [0.4, 0.5) is 5.95 Å². The maximum Gasteiger partial charge on any atom is 0.376 e. The largest absolute Gasteiger partial charge is 0.480 e. The zero-order valence-corrected chi connectivity index (χ0v) is 13.4. The SMILES string of the molecule is C=CCC1=CN(SC)Nc2nc(=O)n(SCC(N)C(=O)O)n21. The third-order valence-corrected chi connectivity index (χ3v) is 4.40. The van der Waals surface area contributed by atoms with Gasteiger partial charge in [-0.15, -0.1) is 6.58 Å². The predicted molar refractivity (Wildman–Crippen MR) is 88.0 cm³/mol. The Morgan fingerprint density at radius 2 is 2.41 bits per heavy atom. The molecule has 0 aromatic carbocycles. The quantitative estimate of drug-likeness (QED) is 0.472. The highest BCUT2D eigenvalue weighted by Gasteiger charge is 2.23. The van der Waals surface area contributed by atoms with Crippen LogP contribution in [0.3, 0.4) is 0 Å². The van der Waals surface area contributed by atoms with Crippen molar-refractivity contribution in [2.45, 2.75) is 12.5 Å². The molecule has 0 radical (unpaired) electrons. The van der Waals surface area contributed by atoms with Gasteiger partial charge in [-0.05, 0) is 23.9 Å². The Bertz CT molecular complexity index is 667. The van der Waals surface area contributed by atoms with Crippen molar-refractivity contribution in [3.05, 3.63) is 29.3 Å². The van der Waals surface area contributed by atoms with E-state index in [1.54, 1.807) is 15.2 Å². The molecule has 1 unspecified atom stereocenters. The van der Waals surface area contributed by atoms with E-state index in [2.05, 4.69) is 17.0 Å². The van der Waals surface area contributed by atoms with Crippen LogP contribution in [-0.4, -0.2) is 47.3 Å². The molecular weight excluding hydrogens is 328 g/mol. The third kappa shape index (κ3) is 3.31. The third-order valence-electron chi connectivity index (χ3n) is 2.74. The van der Waals surface area contributed by atoms with Gasteiger partial charge in [0.15, 0.2) is 0 Å². The average Bonchev–Trinajstić information content (AvgIpc) is 2.80. The highest BCUT2D eigenvalue weighted by molar-refractivity contribution is 7.97. The van der Waals surface area contributed by atoms with Gasteiger partial charge in [0.2, 0.25) is 5.95 Å². The Morgan fingerprint density at radius 3 is 3.00 bits per heavy atom. The summed E-state index contributed by atoms with van der Waals surface area (Å²) in [5, 5.41) is 8.83. The van der Waals surface area contributed by atoms with Crippen LogP contribution >= 0.6 is 23.9 Å². The van der Waals surface area contributed by atoms with Gasteiger partial charge in [0.1, 0.15) is 6.04 Å². The molecule has 9 nitrogen and oxygen atoms in total. The molecule has 0 fully saturated rings. The van der Waals surface area contributed by atoms with Crippen molar-refractivity contribution >= 4 is 41.5 Å². The predicted octanol–water partition coefficient (Wildman–Crippen LogP) is 0.248. The smallest absolute Gasteiger partial charge is 0.376 e. The summed E-state index contributed by atoms with van der Waals surface area (Å²) in [6.07, 6.45) is 5.92. The Labute approximate surface area is 135 Å². The molecule has 1 aliphatic rings. The second-order valence-corrected chi connectivity index (χ2v) is 5.97. The molecular formula is C11H16N6O3S2. The van der Waals surface area contributed by atoms with Gasteiger partial charge in [0.25, 0.3) is 0 Å². The van der Waals surface area contributed by atoms with Crippen LogP contribution in [0, 0.1) is 0 Å². The van der Waals surface area contributed by atoms with Gasteiger partial charge in [-0.2, -0.15) is 9.07 Å². The topological polar surface area (TPSA) is 118 Å². The van der Waals surface area contributed by atoms with E-state index in [0.29, 0.717) is 12.4 Å². The standard InChI is InChI=1S/C11H16N6O3S2/c1-3-4-7-5-15(21-2)14-10-13-11(20)17(16(7)10)22-6-8(12)9(18)19/h3,5,8H,1,4,6,12H2,2H3,(H,18,19)(H,13,14,20). The monoisotopic (exact) mass is 344 g/mol. The molecule has 0 amide bonds. The minimum absolute atomic E-state index is 0.0496. The van der Waals surface area contributed by atoms with Crippen molar-refractivity contribution in [2.75, 3.05) is 17.4 Å². The second-order valence-electron chi connectivity index (χ2n) is 4.28. The van der Waals surface area contributed by atoms with E-state index in [0.717, 1.165) is 17.6 Å². The van der Waals surface area contributed by atoms with Crippen molar-refractivity contribution in [2.24, 2.45) is 5.73 Å². The first-order valence-electron chi connectivity index (χ1n) is 6.23. The minimum Gasteiger partial charge on any atom is -0.480 e. The number of carboxylic acids is 1. The van der Waals surface area contributed by atoms with Gasteiger partial charge >= 0.3 is 11.7 Å². The molecule has 0 spiro atoms. The molecule has 1 atom stereocenters. The highest BCUT2D eigenvalue weighted by atomic mass is 32.2. The van der Waals surface area contributed by atoms with Crippen molar-refractivity contribution < 1.29 is 9.90 Å². The summed E-state index contributed by atoms with van der Waals surface area (Å²) in [7, 11) is 0. The van der Waals surface area contributed by atoms with Crippen LogP contribution in [0.25, 0.3) is 5.70 Å². The van der Waals surface area contributed by atoms with E-state index in [-0.39, 0.29) is 5.75 Å². The number of rotatable bonds is 7. The summed E-state index contributed by atoms with van der Waals surface area (Å²) in [4.78, 5) is 26.7. The summed E-state index contributed by atoms with van der Waals surface area (Å²) in [5.74, 6) is -0.712. The van der Waals surface area contributed by atoms with Crippen LogP contribution in [0.5, 0.6) is 0 Å². The van der Waals surface area contributed by atoms with Crippen molar-refractivity contribution in [1.82, 2.24) is 18.2 Å². The minimum atomic E-state index is -1.12. The number of carbonyl (C=O) groups is 1. The van der Waals surface area contributed by atoms with Gasteiger partial charge < -0.3 is 10.8 Å². The average molecular weight is 344 g/mol. The Kier molecular flexibility index (Phi) is 5.21. The number of hydrazine groups is 1. The molecule has 2 rings (SSSR count). The van der Waals surface area contributed by atoms with E-state index in [9.17, 15) is 9.59 Å². The summed E-state index contributed by atoms with van der Waals surface area (Å²) in [6, 6.07) is -1.06. The van der Waals surface area contributed by atoms with Crippen LogP contribution in [0.2, 0.25) is 0 Å². The normalized spacial score (nSPS) is 14.8. The number of allylic oxidation sites excluding steroid dienone is 2. The Morgan fingerprint density at radius 1 is 1.68 bits per heavy atom. The molecule has 2 heterocycles. The summed E-state index contributed by atoms with van der Waals surface area (Å²) < 4.78 is 4.60. The fourth-order valence-electron chi connectivity index (χ4n) is 1.72. The Hall–Kier alpha value is -1.85. The van der Waals surface area contributed by atoms with Crippen LogP contribution in [0.1, 0.15) is 6.42 Å². The lowest BCUT2D eigenvalue weighted by atomic mass is 10.3. The number of nitrogens with zero attached hydrogens (tertiary/aromatic N) is 4. The molecule has 120 valence electrons. The number of hydrogen-bond donors (Lipinski definition) is 3. The van der Waals surface area contributed by atoms with E-state index < -0.39 is 17.7 Å². The molecule has 11 heteroatoms. The molecule has 0 aliphatic carbocycles. The van der Waals surface area contributed by atoms with Crippen molar-refractivity contribution in [3.8, 4) is 0 Å². The molecule has 22 heavy (non-hydrogen) atoms. The lowest BCUT2D eigenvalue weighted by Gasteiger charge is -2.27. The lowest BCUT2D eigenvalue weighted by Crippen LogP contribution is -2.34. The maximum absolute atomic E-state index is 12.0. The zero-order valence-electron chi connectivity index (χ0n) is 11.8. The van der Waals surface area contributed by atoms with Crippen LogP contribution in [-0.2, 0) is 4.79 Å². The number of fused-ring (bicyclic) bond motifs is 1. The number of nitrogens with two attached hydrogens (primary N) is 1. The molecule has 1 aromatic rings. The van der Waals surface area contributed by atoms with Crippen LogP contribution < -0.4 is 16.8 Å². The number of aromatic nitrogens is 3. The van der Waals surface area contributed by atoms with Gasteiger partial charge in [-0.1, -0.05) is 6.08 Å². The summed E-state index contributed by atoms with van der Waals surface area (Å²) >= 11 is 2.42.